The van der Waals surface area contributed by atoms with Gasteiger partial charge < -0.3 is 4.90 Å². The van der Waals surface area contributed by atoms with Crippen molar-refractivity contribution in [3.8, 4) is 55.6 Å². The van der Waals surface area contributed by atoms with Crippen LogP contribution < -0.4 is 4.90 Å². The molecule has 0 saturated heterocycles. The third-order valence-electron chi connectivity index (χ3n) is 12.3. The lowest BCUT2D eigenvalue weighted by Gasteiger charge is -2.26. The first-order valence-electron chi connectivity index (χ1n) is 22.3. The topological polar surface area (TPSA) is 3.24 Å². The third kappa shape index (κ3) is 8.78. The normalized spacial score (nSPS) is 11.0. The summed E-state index contributed by atoms with van der Waals surface area (Å²) in [6.07, 6.45) is 0. The summed E-state index contributed by atoms with van der Waals surface area (Å²) in [5.74, 6) is 0. The Morgan fingerprint density at radius 1 is 0.292 bits per heavy atom. The van der Waals surface area contributed by atoms with Crippen molar-refractivity contribution in [1.29, 1.82) is 0 Å². The van der Waals surface area contributed by atoms with E-state index >= 15 is 0 Å². The van der Waals surface area contributed by atoms with Crippen molar-refractivity contribution in [3.63, 3.8) is 0 Å². The zero-order valence-corrected chi connectivity index (χ0v) is 37.8. The quantitative estimate of drug-likeness (QED) is 0.147. The van der Waals surface area contributed by atoms with E-state index in [-0.39, 0.29) is 0 Å². The summed E-state index contributed by atoms with van der Waals surface area (Å²) in [6, 6.07) is 87.7. The van der Waals surface area contributed by atoms with E-state index < -0.39 is 0 Å². The lowest BCUT2D eigenvalue weighted by molar-refractivity contribution is 1.28. The summed E-state index contributed by atoms with van der Waals surface area (Å²) in [5, 5.41) is 2.64. The molecule has 312 valence electrons. The molecule has 0 aliphatic rings. The number of aryl methyl sites for hydroxylation is 3. The van der Waals surface area contributed by atoms with Gasteiger partial charge in [0.15, 0.2) is 0 Å². The van der Waals surface area contributed by atoms with Crippen molar-refractivity contribution in [1.82, 2.24) is 0 Å². The van der Waals surface area contributed by atoms with Gasteiger partial charge in [-0.25, -0.2) is 0 Å². The van der Waals surface area contributed by atoms with Gasteiger partial charge in [-0.1, -0.05) is 194 Å². The van der Waals surface area contributed by atoms with Crippen molar-refractivity contribution < 1.29 is 0 Å². The van der Waals surface area contributed by atoms with Gasteiger partial charge in [0.2, 0.25) is 0 Å². The van der Waals surface area contributed by atoms with Crippen molar-refractivity contribution >= 4 is 48.6 Å². The fourth-order valence-electron chi connectivity index (χ4n) is 8.83. The lowest BCUT2D eigenvalue weighted by atomic mass is 9.93. The van der Waals surface area contributed by atoms with E-state index in [4.69, 9.17) is 0 Å². The number of anilines is 3. The summed E-state index contributed by atoms with van der Waals surface area (Å²) in [5.41, 5.74) is 19.5. The van der Waals surface area contributed by atoms with E-state index in [0.29, 0.717) is 0 Å². The minimum atomic E-state index is 1.10. The van der Waals surface area contributed by atoms with Crippen LogP contribution in [0.2, 0.25) is 0 Å². The monoisotopic (exact) mass is 851 g/mol. The molecule has 0 fully saturated rings. The van der Waals surface area contributed by atoms with Crippen LogP contribution in [0.4, 0.5) is 17.1 Å². The highest BCUT2D eigenvalue weighted by Crippen LogP contribution is 2.42. The van der Waals surface area contributed by atoms with Gasteiger partial charge in [-0.3, -0.25) is 0 Å². The Morgan fingerprint density at radius 2 is 0.738 bits per heavy atom. The second-order valence-corrected chi connectivity index (χ2v) is 17.8. The first kappa shape index (κ1) is 41.2. The van der Waals surface area contributed by atoms with Gasteiger partial charge >= 0.3 is 0 Å². The van der Waals surface area contributed by atoms with Gasteiger partial charge in [-0.2, -0.15) is 0 Å². The maximum Gasteiger partial charge on any atom is 0.0462 e. The predicted octanol–water partition coefficient (Wildman–Crippen LogP) is 18.5. The Morgan fingerprint density at radius 3 is 1.35 bits per heavy atom. The maximum absolute atomic E-state index is 2.37. The van der Waals surface area contributed by atoms with Crippen molar-refractivity contribution in [2.75, 3.05) is 4.90 Å². The summed E-state index contributed by atoms with van der Waals surface area (Å²) >= 11 is 1.88. The molecule has 0 aliphatic carbocycles. The highest BCUT2D eigenvalue weighted by atomic mass is 32.1. The second kappa shape index (κ2) is 18.5. The van der Waals surface area contributed by atoms with Crippen LogP contribution in [0.5, 0.6) is 0 Å². The molecule has 1 nitrogen and oxygen atoms in total. The number of fused-ring (bicyclic) bond motifs is 3. The predicted molar refractivity (Wildman–Crippen MR) is 282 cm³/mol. The van der Waals surface area contributed by atoms with Crippen LogP contribution in [0.25, 0.3) is 75.8 Å². The van der Waals surface area contributed by atoms with E-state index in [0.717, 1.165) is 17.1 Å². The molecule has 10 aromatic carbocycles. The molecule has 65 heavy (non-hydrogen) atoms. The van der Waals surface area contributed by atoms with Gasteiger partial charge in [0.25, 0.3) is 0 Å². The zero-order chi connectivity index (χ0) is 44.1. The number of thiophene rings is 1. The van der Waals surface area contributed by atoms with Crippen molar-refractivity contribution in [2.24, 2.45) is 0 Å². The summed E-state index contributed by atoms with van der Waals surface area (Å²) < 4.78 is 2.65. The average molecular weight is 852 g/mol. The lowest BCUT2D eigenvalue weighted by Crippen LogP contribution is -2.09. The van der Waals surface area contributed by atoms with Gasteiger partial charge in [-0.05, 0) is 142 Å². The molecule has 2 heteroatoms. The minimum absolute atomic E-state index is 1.10. The molecule has 0 amide bonds. The van der Waals surface area contributed by atoms with Crippen LogP contribution in [0, 0.1) is 20.8 Å². The summed E-state index contributed by atoms with van der Waals surface area (Å²) in [7, 11) is 0. The molecular formula is C63H49NS. The van der Waals surface area contributed by atoms with Gasteiger partial charge in [0.05, 0.1) is 0 Å². The molecule has 11 rings (SSSR count). The van der Waals surface area contributed by atoms with E-state index in [1.165, 1.54) is 92.5 Å². The largest absolute Gasteiger partial charge is 0.311 e. The van der Waals surface area contributed by atoms with Gasteiger partial charge in [-0.15, -0.1) is 11.3 Å². The van der Waals surface area contributed by atoms with E-state index in [9.17, 15) is 0 Å². The highest BCUT2D eigenvalue weighted by Gasteiger charge is 2.16. The van der Waals surface area contributed by atoms with E-state index in [1.807, 2.05) is 29.5 Å². The van der Waals surface area contributed by atoms with Gasteiger partial charge in [0, 0.05) is 37.2 Å². The van der Waals surface area contributed by atoms with Crippen LogP contribution in [0.15, 0.2) is 243 Å². The molecule has 0 radical (unpaired) electrons. The number of nitrogens with zero attached hydrogens (tertiary/aromatic N) is 1. The summed E-state index contributed by atoms with van der Waals surface area (Å²) in [6.45, 7) is 6.47. The van der Waals surface area contributed by atoms with Crippen LogP contribution >= 0.6 is 11.3 Å². The molecule has 1 heterocycles. The smallest absolute Gasteiger partial charge is 0.0462 e. The third-order valence-corrected chi connectivity index (χ3v) is 13.6. The molecule has 11 aromatic rings. The first-order chi connectivity index (χ1) is 32.0. The van der Waals surface area contributed by atoms with Crippen molar-refractivity contribution in [2.45, 2.75) is 20.8 Å². The number of hydrogen-bond donors (Lipinski definition) is 0. The molecule has 0 bridgehead atoms. The molecule has 0 N–H and O–H groups in total. The van der Waals surface area contributed by atoms with Crippen LogP contribution in [-0.2, 0) is 0 Å². The molecule has 0 saturated carbocycles. The number of hydrogen-bond acceptors (Lipinski definition) is 2. The van der Waals surface area contributed by atoms with Crippen LogP contribution in [-0.4, -0.2) is 0 Å². The number of benzene rings is 10. The number of rotatable bonds is 8. The van der Waals surface area contributed by atoms with E-state index in [2.05, 4.69) is 250 Å². The molecule has 0 unspecified atom stereocenters. The van der Waals surface area contributed by atoms with Crippen LogP contribution in [0.1, 0.15) is 16.7 Å². The first-order valence-corrected chi connectivity index (χ1v) is 23.1. The molecule has 1 aromatic heterocycles. The SMILES string of the molecule is Cc1ccccc1.Cc1ccccc1-c1cc(-c2ccc(N(c3ccc(-c4cccc(-c5ccccc5)c4)cc3)c3ccc(-c4cccc5c4sc4ccccc45)cc3)cc2)ccc1C. The van der Waals surface area contributed by atoms with Gasteiger partial charge in [0.1, 0.15) is 0 Å². The second-order valence-electron chi connectivity index (χ2n) is 16.7. The maximum atomic E-state index is 2.37. The molecule has 0 aliphatic heterocycles. The Bertz CT molecular complexity index is 3360. The highest BCUT2D eigenvalue weighted by molar-refractivity contribution is 7.26. The Balaban J connectivity index is 0.000000652. The van der Waals surface area contributed by atoms with E-state index in [1.54, 1.807) is 0 Å². The standard InChI is InChI=1S/C56H41NS.C7H8/c1-38-12-6-7-17-50(38)54-37-46(23-22-39(54)2)42-26-32-48(33-27-42)57(47-30-24-41(25-31-47)45-16-10-15-44(36-45)40-13-4-3-5-14-40)49-34-28-43(29-35-49)51-19-11-20-53-52-18-8-9-21-55(52)58-56(51)53;1-7-5-3-2-4-6-7/h3-37H,1-2H3;2-6H,1H3. The molecule has 0 spiro atoms. The Labute approximate surface area is 387 Å². The fourth-order valence-corrected chi connectivity index (χ4v) is 10.1. The Hall–Kier alpha value is -7.78. The van der Waals surface area contributed by atoms with Crippen molar-refractivity contribution in [3.05, 3.63) is 259 Å². The molecular weight excluding hydrogens is 803 g/mol. The Kier molecular flexibility index (Phi) is 11.7. The molecule has 0 atom stereocenters. The average Bonchev–Trinajstić information content (AvgIpc) is 3.75. The zero-order valence-electron chi connectivity index (χ0n) is 36.9. The van der Waals surface area contributed by atoms with Crippen LogP contribution in [0.3, 0.4) is 0 Å². The summed E-state index contributed by atoms with van der Waals surface area (Å²) in [4.78, 5) is 2.37. The minimum Gasteiger partial charge on any atom is -0.311 e. The fraction of sp³-hybridized carbons (Fsp3) is 0.0476.